The first-order valence-electron chi connectivity index (χ1n) is 6.26. The van der Waals surface area contributed by atoms with Crippen LogP contribution in [0.4, 0.5) is 5.69 Å². The molecule has 0 bridgehead atoms. The Bertz CT molecular complexity index is 422. The third-order valence-corrected chi connectivity index (χ3v) is 3.13. The fraction of sp³-hybridized carbons (Fsp3) is 0.538. The normalized spacial score (nSPS) is 19.0. The van der Waals surface area contributed by atoms with Crippen LogP contribution in [0.1, 0.15) is 23.8 Å². The molecule has 1 fully saturated rings. The van der Waals surface area contributed by atoms with Crippen LogP contribution in [0.25, 0.3) is 0 Å². The SMILES string of the molecule is CCNc1ccnc(C(=O)N2CCC(OC)C2)c1. The lowest BCUT2D eigenvalue weighted by atomic mass is 10.3. The van der Waals surface area contributed by atoms with Gasteiger partial charge in [0, 0.05) is 38.6 Å². The largest absolute Gasteiger partial charge is 0.385 e. The van der Waals surface area contributed by atoms with E-state index in [9.17, 15) is 4.79 Å². The molecule has 18 heavy (non-hydrogen) atoms. The van der Waals surface area contributed by atoms with Gasteiger partial charge in [0.05, 0.1) is 6.10 Å². The molecule has 5 heteroatoms. The Morgan fingerprint density at radius 3 is 3.17 bits per heavy atom. The predicted molar refractivity (Wildman–Crippen MR) is 69.7 cm³/mol. The molecule has 0 aliphatic carbocycles. The van der Waals surface area contributed by atoms with Crippen LogP contribution in [-0.4, -0.2) is 48.6 Å². The smallest absolute Gasteiger partial charge is 0.272 e. The van der Waals surface area contributed by atoms with E-state index in [-0.39, 0.29) is 12.0 Å². The molecule has 0 aromatic carbocycles. The van der Waals surface area contributed by atoms with Gasteiger partial charge in [-0.25, -0.2) is 0 Å². The maximum atomic E-state index is 12.2. The molecule has 0 saturated carbocycles. The zero-order valence-electron chi connectivity index (χ0n) is 10.8. The summed E-state index contributed by atoms with van der Waals surface area (Å²) in [6.45, 7) is 4.24. The number of carbonyl (C=O) groups is 1. The van der Waals surface area contributed by atoms with Crippen LogP contribution in [0.5, 0.6) is 0 Å². The number of ether oxygens (including phenoxy) is 1. The summed E-state index contributed by atoms with van der Waals surface area (Å²) in [6.07, 6.45) is 2.72. The van der Waals surface area contributed by atoms with Crippen LogP contribution in [0.2, 0.25) is 0 Å². The van der Waals surface area contributed by atoms with E-state index in [1.54, 1.807) is 24.3 Å². The van der Waals surface area contributed by atoms with Gasteiger partial charge >= 0.3 is 0 Å². The number of nitrogens with one attached hydrogen (secondary N) is 1. The van der Waals surface area contributed by atoms with Crippen LogP contribution >= 0.6 is 0 Å². The first kappa shape index (κ1) is 12.8. The van der Waals surface area contributed by atoms with Gasteiger partial charge in [-0.1, -0.05) is 0 Å². The van der Waals surface area contributed by atoms with E-state index >= 15 is 0 Å². The molecule has 1 amide bonds. The lowest BCUT2D eigenvalue weighted by molar-refractivity contribution is 0.0719. The summed E-state index contributed by atoms with van der Waals surface area (Å²) in [7, 11) is 1.68. The molecular formula is C13H19N3O2. The number of nitrogens with zero attached hydrogens (tertiary/aromatic N) is 2. The summed E-state index contributed by atoms with van der Waals surface area (Å²) >= 11 is 0. The lowest BCUT2D eigenvalue weighted by Crippen LogP contribution is -2.30. The Morgan fingerprint density at radius 1 is 1.67 bits per heavy atom. The van der Waals surface area contributed by atoms with Crippen LogP contribution in [0, 0.1) is 0 Å². The number of hydrogen-bond acceptors (Lipinski definition) is 4. The number of carbonyl (C=O) groups excluding carboxylic acids is 1. The van der Waals surface area contributed by atoms with E-state index in [2.05, 4.69) is 10.3 Å². The van der Waals surface area contributed by atoms with Crippen molar-refractivity contribution >= 4 is 11.6 Å². The first-order valence-corrected chi connectivity index (χ1v) is 6.26. The molecule has 5 nitrogen and oxygen atoms in total. The maximum absolute atomic E-state index is 12.2. The second kappa shape index (κ2) is 5.82. The quantitative estimate of drug-likeness (QED) is 0.875. The van der Waals surface area contributed by atoms with E-state index in [0.29, 0.717) is 12.2 Å². The lowest BCUT2D eigenvalue weighted by Gasteiger charge is -2.16. The van der Waals surface area contributed by atoms with Crippen molar-refractivity contribution in [1.29, 1.82) is 0 Å². The van der Waals surface area contributed by atoms with Crippen molar-refractivity contribution in [3.8, 4) is 0 Å². The minimum absolute atomic E-state index is 0.0192. The molecule has 1 aromatic heterocycles. The number of pyridine rings is 1. The fourth-order valence-corrected chi connectivity index (χ4v) is 2.13. The fourth-order valence-electron chi connectivity index (χ4n) is 2.13. The summed E-state index contributed by atoms with van der Waals surface area (Å²) < 4.78 is 5.26. The molecule has 1 unspecified atom stereocenters. The van der Waals surface area contributed by atoms with E-state index < -0.39 is 0 Å². The van der Waals surface area contributed by atoms with Crippen LogP contribution < -0.4 is 5.32 Å². The Balaban J connectivity index is 2.07. The molecule has 0 radical (unpaired) electrons. The monoisotopic (exact) mass is 249 g/mol. The van der Waals surface area contributed by atoms with E-state index in [4.69, 9.17) is 4.74 Å². The van der Waals surface area contributed by atoms with Gasteiger partial charge < -0.3 is 15.0 Å². The van der Waals surface area contributed by atoms with Gasteiger partial charge in [-0.15, -0.1) is 0 Å². The molecule has 2 heterocycles. The summed E-state index contributed by atoms with van der Waals surface area (Å²) in [5.74, 6) is -0.0192. The highest BCUT2D eigenvalue weighted by molar-refractivity contribution is 5.93. The summed E-state index contributed by atoms with van der Waals surface area (Å²) in [6, 6.07) is 3.66. The predicted octanol–water partition coefficient (Wildman–Crippen LogP) is 1.37. The molecule has 1 atom stereocenters. The number of likely N-dealkylation sites (tertiary alicyclic amines) is 1. The van der Waals surface area contributed by atoms with Gasteiger partial charge in [0.1, 0.15) is 5.69 Å². The first-order chi connectivity index (χ1) is 8.74. The van der Waals surface area contributed by atoms with Crippen molar-refractivity contribution in [2.24, 2.45) is 0 Å². The molecular weight excluding hydrogens is 230 g/mol. The molecule has 1 saturated heterocycles. The van der Waals surface area contributed by atoms with Gasteiger partial charge in [-0.3, -0.25) is 9.78 Å². The van der Waals surface area contributed by atoms with E-state index in [0.717, 1.165) is 25.2 Å². The van der Waals surface area contributed by atoms with Crippen LogP contribution in [0.15, 0.2) is 18.3 Å². The number of aromatic nitrogens is 1. The van der Waals surface area contributed by atoms with Gasteiger partial charge in [0.25, 0.3) is 5.91 Å². The molecule has 1 N–H and O–H groups in total. The second-order valence-electron chi connectivity index (χ2n) is 4.36. The minimum atomic E-state index is -0.0192. The average Bonchev–Trinajstić information content (AvgIpc) is 2.87. The molecule has 2 rings (SSSR count). The highest BCUT2D eigenvalue weighted by Crippen LogP contribution is 2.16. The van der Waals surface area contributed by atoms with Crippen molar-refractivity contribution in [2.45, 2.75) is 19.4 Å². The molecule has 1 aliphatic heterocycles. The summed E-state index contributed by atoms with van der Waals surface area (Å²) in [5, 5.41) is 3.18. The maximum Gasteiger partial charge on any atom is 0.272 e. The average molecular weight is 249 g/mol. The molecule has 1 aromatic rings. The zero-order valence-corrected chi connectivity index (χ0v) is 10.8. The molecule has 0 spiro atoms. The highest BCUT2D eigenvalue weighted by Gasteiger charge is 2.27. The Labute approximate surface area is 107 Å². The molecule has 98 valence electrons. The van der Waals surface area contributed by atoms with Crippen LogP contribution in [-0.2, 0) is 4.74 Å². The van der Waals surface area contributed by atoms with E-state index in [1.165, 1.54) is 0 Å². The highest BCUT2D eigenvalue weighted by atomic mass is 16.5. The molecule has 1 aliphatic rings. The van der Waals surface area contributed by atoms with Gasteiger partial charge in [0.2, 0.25) is 0 Å². The Hall–Kier alpha value is -1.62. The van der Waals surface area contributed by atoms with Crippen LogP contribution in [0.3, 0.4) is 0 Å². The van der Waals surface area contributed by atoms with Crippen molar-refractivity contribution < 1.29 is 9.53 Å². The third kappa shape index (κ3) is 2.79. The number of rotatable bonds is 4. The number of anilines is 1. The topological polar surface area (TPSA) is 54.5 Å². The number of methoxy groups -OCH3 is 1. The summed E-state index contributed by atoms with van der Waals surface area (Å²) in [4.78, 5) is 18.2. The Morgan fingerprint density at radius 2 is 2.50 bits per heavy atom. The van der Waals surface area contributed by atoms with Crippen molar-refractivity contribution in [3.63, 3.8) is 0 Å². The van der Waals surface area contributed by atoms with Crippen molar-refractivity contribution in [2.75, 3.05) is 32.1 Å². The standard InChI is InChI=1S/C13H19N3O2/c1-3-14-10-4-6-15-12(8-10)13(17)16-7-5-11(9-16)18-2/h4,6,8,11H,3,5,7,9H2,1-2H3,(H,14,15). The minimum Gasteiger partial charge on any atom is -0.385 e. The summed E-state index contributed by atoms with van der Waals surface area (Å²) in [5.41, 5.74) is 1.42. The second-order valence-corrected chi connectivity index (χ2v) is 4.36. The Kier molecular flexibility index (Phi) is 4.15. The van der Waals surface area contributed by atoms with Gasteiger partial charge in [0.15, 0.2) is 0 Å². The number of hydrogen-bond donors (Lipinski definition) is 1. The van der Waals surface area contributed by atoms with Crippen molar-refractivity contribution in [3.05, 3.63) is 24.0 Å². The van der Waals surface area contributed by atoms with Gasteiger partial charge in [-0.05, 0) is 25.5 Å². The zero-order chi connectivity index (χ0) is 13.0. The third-order valence-electron chi connectivity index (χ3n) is 3.13. The van der Waals surface area contributed by atoms with Crippen molar-refractivity contribution in [1.82, 2.24) is 9.88 Å². The number of amides is 1. The van der Waals surface area contributed by atoms with Gasteiger partial charge in [-0.2, -0.15) is 0 Å². The van der Waals surface area contributed by atoms with E-state index in [1.807, 2.05) is 13.0 Å².